The van der Waals surface area contributed by atoms with Gasteiger partial charge in [0.1, 0.15) is 5.39 Å². The highest BCUT2D eigenvalue weighted by molar-refractivity contribution is 7.99. The minimum atomic E-state index is -0.167. The monoisotopic (exact) mass is 291 g/mol. The number of amides is 1. The molecule has 0 radical (unpaired) electrons. The zero-order valence-corrected chi connectivity index (χ0v) is 11.4. The van der Waals surface area contributed by atoms with Crippen LogP contribution >= 0.6 is 11.8 Å². The lowest BCUT2D eigenvalue weighted by atomic mass is 10.2. The van der Waals surface area contributed by atoms with Gasteiger partial charge in [-0.15, -0.1) is 6.58 Å². The number of carbonyl (C=O) groups is 1. The van der Waals surface area contributed by atoms with Gasteiger partial charge in [0.25, 0.3) is 5.56 Å². The molecule has 1 aliphatic heterocycles. The molecule has 8 heteroatoms. The molecule has 0 bridgehead atoms. The highest BCUT2D eigenvalue weighted by Crippen LogP contribution is 2.32. The molecule has 1 unspecified atom stereocenters. The largest absolute Gasteiger partial charge is 0.353 e. The summed E-state index contributed by atoms with van der Waals surface area (Å²) >= 11 is 1.48. The van der Waals surface area contributed by atoms with Gasteiger partial charge in [0.05, 0.1) is 12.2 Å². The van der Waals surface area contributed by atoms with Gasteiger partial charge in [-0.3, -0.25) is 19.3 Å². The normalized spacial score (nSPS) is 17.1. The van der Waals surface area contributed by atoms with Crippen LogP contribution in [0.3, 0.4) is 0 Å². The molecule has 7 nitrogen and oxygen atoms in total. The third-order valence-electron chi connectivity index (χ3n) is 3.12. The molecule has 1 amide bonds. The standard InChI is InChI=1S/C12H13N5O2S/c1-2-3-13-9(18)4-7-6-20-12-15-10-8(5-14-16-10)11(19)17(7)12/h2,5,7H,1,3-4,6H2,(H,13,18)(H,14,16). The maximum atomic E-state index is 12.4. The molecule has 0 saturated carbocycles. The third-order valence-corrected chi connectivity index (χ3v) is 4.21. The minimum absolute atomic E-state index is 0.0949. The molecule has 1 atom stereocenters. The molecular weight excluding hydrogens is 278 g/mol. The van der Waals surface area contributed by atoms with Crippen molar-refractivity contribution in [2.75, 3.05) is 12.3 Å². The molecule has 3 heterocycles. The Morgan fingerprint density at radius 2 is 2.55 bits per heavy atom. The number of nitrogens with zero attached hydrogens (tertiary/aromatic N) is 3. The first-order valence-electron chi connectivity index (χ1n) is 6.16. The topological polar surface area (TPSA) is 92.7 Å². The Balaban J connectivity index is 1.91. The highest BCUT2D eigenvalue weighted by atomic mass is 32.2. The van der Waals surface area contributed by atoms with Gasteiger partial charge in [-0.25, -0.2) is 4.98 Å². The predicted octanol–water partition coefficient (Wildman–Crippen LogP) is 0.459. The molecule has 0 fully saturated rings. The van der Waals surface area contributed by atoms with E-state index in [0.29, 0.717) is 28.5 Å². The van der Waals surface area contributed by atoms with Crippen LogP contribution in [-0.4, -0.2) is 38.0 Å². The number of H-pyrrole nitrogens is 1. The molecule has 3 rings (SSSR count). The SMILES string of the molecule is C=CCNC(=O)CC1CSc2nc3[nH]ncc3c(=O)n21. The van der Waals surface area contributed by atoms with Gasteiger partial charge < -0.3 is 5.32 Å². The van der Waals surface area contributed by atoms with Gasteiger partial charge in [-0.2, -0.15) is 5.10 Å². The molecule has 1 aliphatic rings. The van der Waals surface area contributed by atoms with Crippen molar-refractivity contribution in [3.63, 3.8) is 0 Å². The summed E-state index contributed by atoms with van der Waals surface area (Å²) in [7, 11) is 0. The fourth-order valence-electron chi connectivity index (χ4n) is 2.18. The summed E-state index contributed by atoms with van der Waals surface area (Å²) in [6.07, 6.45) is 3.35. The summed E-state index contributed by atoms with van der Waals surface area (Å²) in [5.41, 5.74) is 0.343. The summed E-state index contributed by atoms with van der Waals surface area (Å²) in [6.45, 7) is 3.98. The van der Waals surface area contributed by atoms with Crippen LogP contribution in [0.1, 0.15) is 12.5 Å². The number of nitrogens with one attached hydrogen (secondary N) is 2. The van der Waals surface area contributed by atoms with Crippen molar-refractivity contribution < 1.29 is 4.79 Å². The molecule has 0 spiro atoms. The number of fused-ring (bicyclic) bond motifs is 2. The third kappa shape index (κ3) is 2.11. The van der Waals surface area contributed by atoms with Crippen LogP contribution in [0.4, 0.5) is 0 Å². The first-order valence-corrected chi connectivity index (χ1v) is 7.15. The molecule has 20 heavy (non-hydrogen) atoms. The van der Waals surface area contributed by atoms with Crippen molar-refractivity contribution in [2.24, 2.45) is 0 Å². The van der Waals surface area contributed by atoms with Gasteiger partial charge >= 0.3 is 0 Å². The van der Waals surface area contributed by atoms with Gasteiger partial charge in [0.15, 0.2) is 10.8 Å². The number of rotatable bonds is 4. The van der Waals surface area contributed by atoms with Gasteiger partial charge in [0.2, 0.25) is 5.91 Å². The van der Waals surface area contributed by atoms with Crippen molar-refractivity contribution >= 4 is 28.7 Å². The van der Waals surface area contributed by atoms with E-state index >= 15 is 0 Å². The number of aromatic nitrogens is 4. The van der Waals surface area contributed by atoms with E-state index in [2.05, 4.69) is 27.1 Å². The average Bonchev–Trinajstić information content (AvgIpc) is 3.04. The fraction of sp³-hybridized carbons (Fsp3) is 0.333. The Morgan fingerprint density at radius 1 is 1.70 bits per heavy atom. The average molecular weight is 291 g/mol. The summed E-state index contributed by atoms with van der Waals surface area (Å²) < 4.78 is 1.59. The molecule has 2 aromatic heterocycles. The lowest BCUT2D eigenvalue weighted by molar-refractivity contribution is -0.121. The van der Waals surface area contributed by atoms with E-state index in [4.69, 9.17) is 0 Å². The molecule has 2 aromatic rings. The maximum Gasteiger partial charge on any atom is 0.265 e. The quantitative estimate of drug-likeness (QED) is 0.630. The van der Waals surface area contributed by atoms with Crippen LogP contribution in [0.25, 0.3) is 11.0 Å². The molecular formula is C12H13N5O2S. The van der Waals surface area contributed by atoms with Crippen LogP contribution in [0.5, 0.6) is 0 Å². The van der Waals surface area contributed by atoms with E-state index < -0.39 is 0 Å². The number of aromatic amines is 1. The predicted molar refractivity (Wildman–Crippen MR) is 75.7 cm³/mol. The number of hydrogen-bond acceptors (Lipinski definition) is 5. The van der Waals surface area contributed by atoms with E-state index in [9.17, 15) is 9.59 Å². The van der Waals surface area contributed by atoms with Gasteiger partial charge in [0, 0.05) is 18.7 Å². The lowest BCUT2D eigenvalue weighted by Crippen LogP contribution is -2.30. The first kappa shape index (κ1) is 12.9. The van der Waals surface area contributed by atoms with Crippen molar-refractivity contribution in [1.29, 1.82) is 0 Å². The van der Waals surface area contributed by atoms with Crippen molar-refractivity contribution in [1.82, 2.24) is 25.1 Å². The molecule has 0 aromatic carbocycles. The zero-order valence-electron chi connectivity index (χ0n) is 10.6. The number of carbonyl (C=O) groups excluding carboxylic acids is 1. The maximum absolute atomic E-state index is 12.4. The Kier molecular flexibility index (Phi) is 3.31. The van der Waals surface area contributed by atoms with Crippen molar-refractivity contribution in [3.05, 3.63) is 29.2 Å². The lowest BCUT2D eigenvalue weighted by Gasteiger charge is -2.12. The van der Waals surface area contributed by atoms with Gasteiger partial charge in [-0.05, 0) is 0 Å². The second-order valence-electron chi connectivity index (χ2n) is 4.46. The zero-order chi connectivity index (χ0) is 14.1. The van der Waals surface area contributed by atoms with Crippen LogP contribution < -0.4 is 10.9 Å². The number of thioether (sulfide) groups is 1. The minimum Gasteiger partial charge on any atom is -0.353 e. The fourth-order valence-corrected chi connectivity index (χ4v) is 3.31. The summed E-state index contributed by atoms with van der Waals surface area (Å²) in [5, 5.41) is 10.3. The van der Waals surface area contributed by atoms with Gasteiger partial charge in [-0.1, -0.05) is 17.8 Å². The number of hydrogen-bond donors (Lipinski definition) is 2. The Morgan fingerprint density at radius 3 is 3.35 bits per heavy atom. The molecule has 0 aliphatic carbocycles. The van der Waals surface area contributed by atoms with E-state index in [-0.39, 0.29) is 23.9 Å². The van der Waals surface area contributed by atoms with Crippen molar-refractivity contribution in [3.8, 4) is 0 Å². The Hall–Kier alpha value is -2.09. The Labute approximate surface area is 118 Å². The molecule has 104 valence electrons. The second-order valence-corrected chi connectivity index (χ2v) is 5.45. The van der Waals surface area contributed by atoms with Crippen LogP contribution in [0.15, 0.2) is 28.8 Å². The summed E-state index contributed by atoms with van der Waals surface area (Å²) in [6, 6.07) is -0.167. The van der Waals surface area contributed by atoms with Crippen molar-refractivity contribution in [2.45, 2.75) is 17.6 Å². The summed E-state index contributed by atoms with van der Waals surface area (Å²) in [5.74, 6) is 0.576. The van der Waals surface area contributed by atoms with E-state index in [1.807, 2.05) is 0 Å². The van der Waals surface area contributed by atoms with E-state index in [1.54, 1.807) is 10.6 Å². The molecule has 2 N–H and O–H groups in total. The smallest absolute Gasteiger partial charge is 0.265 e. The molecule has 0 saturated heterocycles. The van der Waals surface area contributed by atoms with Crippen LogP contribution in [-0.2, 0) is 4.79 Å². The first-order chi connectivity index (χ1) is 9.70. The van der Waals surface area contributed by atoms with Crippen LogP contribution in [0.2, 0.25) is 0 Å². The van der Waals surface area contributed by atoms with E-state index in [0.717, 1.165) is 0 Å². The van der Waals surface area contributed by atoms with Crippen LogP contribution in [0, 0.1) is 0 Å². The Bertz CT molecular complexity index is 735. The highest BCUT2D eigenvalue weighted by Gasteiger charge is 2.28. The second kappa shape index (κ2) is 5.12. The summed E-state index contributed by atoms with van der Waals surface area (Å²) in [4.78, 5) is 28.5. The van der Waals surface area contributed by atoms with E-state index in [1.165, 1.54) is 18.0 Å².